The number of benzene rings is 3. The van der Waals surface area contributed by atoms with Gasteiger partial charge in [0.05, 0.1) is 10.2 Å². The zero-order valence-corrected chi connectivity index (χ0v) is 11.9. The van der Waals surface area contributed by atoms with Crippen molar-refractivity contribution in [2.75, 3.05) is 0 Å². The SMILES string of the molecule is Cc1ccc2ccccc2c1-c1nc2ccccc2s1. The molecule has 1 nitrogen and oxygen atoms in total. The van der Waals surface area contributed by atoms with Gasteiger partial charge >= 0.3 is 0 Å². The largest absolute Gasteiger partial charge is 0.236 e. The van der Waals surface area contributed by atoms with E-state index in [1.807, 2.05) is 6.07 Å². The molecule has 0 N–H and O–H groups in total. The molecule has 0 fully saturated rings. The van der Waals surface area contributed by atoms with Crippen LogP contribution in [0.15, 0.2) is 60.7 Å². The maximum atomic E-state index is 4.81. The summed E-state index contributed by atoms with van der Waals surface area (Å²) < 4.78 is 1.25. The van der Waals surface area contributed by atoms with Gasteiger partial charge in [0.25, 0.3) is 0 Å². The maximum Gasteiger partial charge on any atom is 0.125 e. The van der Waals surface area contributed by atoms with Crippen LogP contribution in [0.25, 0.3) is 31.6 Å². The van der Waals surface area contributed by atoms with Gasteiger partial charge in [-0.1, -0.05) is 48.5 Å². The van der Waals surface area contributed by atoms with Gasteiger partial charge in [0.15, 0.2) is 0 Å². The van der Waals surface area contributed by atoms with Crippen LogP contribution < -0.4 is 0 Å². The molecule has 0 aliphatic carbocycles. The van der Waals surface area contributed by atoms with Crippen molar-refractivity contribution < 1.29 is 0 Å². The van der Waals surface area contributed by atoms with E-state index in [1.54, 1.807) is 11.3 Å². The third-order valence-corrected chi connectivity index (χ3v) is 4.70. The number of fused-ring (bicyclic) bond motifs is 2. The molecule has 96 valence electrons. The highest BCUT2D eigenvalue weighted by atomic mass is 32.1. The summed E-state index contributed by atoms with van der Waals surface area (Å²) in [6.07, 6.45) is 0. The average molecular weight is 275 g/mol. The summed E-state index contributed by atoms with van der Waals surface area (Å²) >= 11 is 1.77. The van der Waals surface area contributed by atoms with Crippen LogP contribution in [-0.4, -0.2) is 4.98 Å². The van der Waals surface area contributed by atoms with Gasteiger partial charge in [-0.2, -0.15) is 0 Å². The van der Waals surface area contributed by atoms with E-state index >= 15 is 0 Å². The Balaban J connectivity index is 2.08. The molecule has 0 radical (unpaired) electrons. The fourth-order valence-corrected chi connectivity index (χ4v) is 3.73. The van der Waals surface area contributed by atoms with Crippen LogP contribution in [0.5, 0.6) is 0 Å². The van der Waals surface area contributed by atoms with Crippen LogP contribution in [0, 0.1) is 6.92 Å². The van der Waals surface area contributed by atoms with Crippen molar-refractivity contribution in [1.29, 1.82) is 0 Å². The second-order valence-corrected chi connectivity index (χ2v) is 6.00. The van der Waals surface area contributed by atoms with E-state index < -0.39 is 0 Å². The topological polar surface area (TPSA) is 12.9 Å². The lowest BCUT2D eigenvalue weighted by Crippen LogP contribution is -1.85. The highest BCUT2D eigenvalue weighted by Gasteiger charge is 2.11. The lowest BCUT2D eigenvalue weighted by molar-refractivity contribution is 1.43. The van der Waals surface area contributed by atoms with Gasteiger partial charge in [0, 0.05) is 5.56 Å². The van der Waals surface area contributed by atoms with E-state index in [-0.39, 0.29) is 0 Å². The first-order chi connectivity index (χ1) is 9.83. The molecule has 0 saturated carbocycles. The molecular formula is C18H13NS. The van der Waals surface area contributed by atoms with Crippen LogP contribution in [0.2, 0.25) is 0 Å². The molecule has 4 aromatic rings. The number of para-hydroxylation sites is 1. The van der Waals surface area contributed by atoms with Gasteiger partial charge in [0.2, 0.25) is 0 Å². The van der Waals surface area contributed by atoms with E-state index in [0.717, 1.165) is 10.5 Å². The summed E-state index contributed by atoms with van der Waals surface area (Å²) in [5.41, 5.74) is 3.63. The molecule has 0 amide bonds. The lowest BCUT2D eigenvalue weighted by atomic mass is 10.0. The minimum atomic E-state index is 1.08. The van der Waals surface area contributed by atoms with Gasteiger partial charge in [0.1, 0.15) is 5.01 Å². The first-order valence-corrected chi connectivity index (χ1v) is 7.49. The quantitative estimate of drug-likeness (QED) is 0.451. The Kier molecular flexibility index (Phi) is 2.57. The summed E-state index contributed by atoms with van der Waals surface area (Å²) in [6.45, 7) is 2.16. The molecule has 1 aromatic heterocycles. The molecule has 3 aromatic carbocycles. The predicted molar refractivity (Wildman–Crippen MR) is 87.3 cm³/mol. The molecule has 1 heterocycles. The average Bonchev–Trinajstić information content (AvgIpc) is 2.90. The Morgan fingerprint density at radius 3 is 2.55 bits per heavy atom. The van der Waals surface area contributed by atoms with Crippen LogP contribution in [-0.2, 0) is 0 Å². The molecule has 4 rings (SSSR count). The standard InChI is InChI=1S/C18H13NS/c1-12-10-11-13-6-2-3-7-14(13)17(12)18-19-15-8-4-5-9-16(15)20-18/h2-11H,1H3. The number of nitrogens with zero attached hydrogens (tertiary/aromatic N) is 1. The summed E-state index contributed by atoms with van der Waals surface area (Å²) in [5.74, 6) is 0. The minimum absolute atomic E-state index is 1.08. The summed E-state index contributed by atoms with van der Waals surface area (Å²) in [5, 5.41) is 3.67. The predicted octanol–water partition coefficient (Wildman–Crippen LogP) is 5.42. The van der Waals surface area contributed by atoms with Crippen molar-refractivity contribution in [3.8, 4) is 10.6 Å². The monoisotopic (exact) mass is 275 g/mol. The van der Waals surface area contributed by atoms with Crippen molar-refractivity contribution in [2.45, 2.75) is 6.92 Å². The molecule has 20 heavy (non-hydrogen) atoms. The molecule has 0 aliphatic rings. The number of aryl methyl sites for hydroxylation is 1. The van der Waals surface area contributed by atoms with E-state index in [0.29, 0.717) is 0 Å². The van der Waals surface area contributed by atoms with E-state index in [1.165, 1.54) is 26.6 Å². The molecule has 0 unspecified atom stereocenters. The molecular weight excluding hydrogens is 262 g/mol. The molecule has 0 saturated heterocycles. The molecule has 0 spiro atoms. The number of thiazole rings is 1. The minimum Gasteiger partial charge on any atom is -0.236 e. The van der Waals surface area contributed by atoms with Gasteiger partial charge in [-0.25, -0.2) is 4.98 Å². The Morgan fingerprint density at radius 2 is 1.65 bits per heavy atom. The Labute approximate surface area is 121 Å². The molecule has 2 heteroatoms. The molecule has 0 aliphatic heterocycles. The van der Waals surface area contributed by atoms with Crippen molar-refractivity contribution in [1.82, 2.24) is 4.98 Å². The Bertz CT molecular complexity index is 888. The lowest BCUT2D eigenvalue weighted by Gasteiger charge is -2.07. The Morgan fingerprint density at radius 1 is 0.850 bits per heavy atom. The van der Waals surface area contributed by atoms with Gasteiger partial charge in [-0.05, 0) is 35.4 Å². The summed E-state index contributed by atoms with van der Waals surface area (Å²) in [7, 11) is 0. The van der Waals surface area contributed by atoms with Crippen LogP contribution in [0.1, 0.15) is 5.56 Å². The number of aromatic nitrogens is 1. The third kappa shape index (κ3) is 1.73. The molecule has 0 bridgehead atoms. The maximum absolute atomic E-state index is 4.81. The van der Waals surface area contributed by atoms with Gasteiger partial charge in [-0.3, -0.25) is 0 Å². The fourth-order valence-electron chi connectivity index (χ4n) is 2.64. The van der Waals surface area contributed by atoms with Gasteiger partial charge in [-0.15, -0.1) is 11.3 Å². The summed E-state index contributed by atoms with van der Waals surface area (Å²) in [4.78, 5) is 4.81. The van der Waals surface area contributed by atoms with Crippen molar-refractivity contribution in [3.63, 3.8) is 0 Å². The smallest absolute Gasteiger partial charge is 0.125 e. The number of rotatable bonds is 1. The van der Waals surface area contributed by atoms with E-state index in [2.05, 4.69) is 61.5 Å². The Hall–Kier alpha value is -2.19. The zero-order valence-electron chi connectivity index (χ0n) is 11.1. The number of hydrogen-bond donors (Lipinski definition) is 0. The highest BCUT2D eigenvalue weighted by Crippen LogP contribution is 2.36. The highest BCUT2D eigenvalue weighted by molar-refractivity contribution is 7.21. The first kappa shape index (κ1) is 11.6. The first-order valence-electron chi connectivity index (χ1n) is 6.67. The van der Waals surface area contributed by atoms with Crippen LogP contribution in [0.3, 0.4) is 0 Å². The second kappa shape index (κ2) is 4.43. The summed E-state index contributed by atoms with van der Waals surface area (Å²) in [6, 6.07) is 21.2. The van der Waals surface area contributed by atoms with Gasteiger partial charge < -0.3 is 0 Å². The van der Waals surface area contributed by atoms with Crippen molar-refractivity contribution in [3.05, 3.63) is 66.2 Å². The van der Waals surface area contributed by atoms with Crippen LogP contribution >= 0.6 is 11.3 Å². The van der Waals surface area contributed by atoms with E-state index in [4.69, 9.17) is 4.98 Å². The van der Waals surface area contributed by atoms with Crippen molar-refractivity contribution >= 4 is 32.3 Å². The normalized spacial score (nSPS) is 11.2. The zero-order chi connectivity index (χ0) is 13.5. The molecule has 0 atom stereocenters. The van der Waals surface area contributed by atoms with Crippen LogP contribution in [0.4, 0.5) is 0 Å². The van der Waals surface area contributed by atoms with Crippen molar-refractivity contribution in [2.24, 2.45) is 0 Å². The number of hydrogen-bond acceptors (Lipinski definition) is 2. The fraction of sp³-hybridized carbons (Fsp3) is 0.0556. The second-order valence-electron chi connectivity index (χ2n) is 4.97. The third-order valence-electron chi connectivity index (χ3n) is 3.65. The van der Waals surface area contributed by atoms with E-state index in [9.17, 15) is 0 Å².